The van der Waals surface area contributed by atoms with Crippen LogP contribution in [0.5, 0.6) is 0 Å². The van der Waals surface area contributed by atoms with Crippen molar-refractivity contribution < 1.29 is 19.1 Å². The lowest BCUT2D eigenvalue weighted by molar-refractivity contribution is -0.130. The van der Waals surface area contributed by atoms with Crippen molar-refractivity contribution in [3.63, 3.8) is 0 Å². The van der Waals surface area contributed by atoms with Gasteiger partial charge in [-0.05, 0) is 29.8 Å². The number of benzene rings is 1. The molecule has 0 saturated heterocycles. The van der Waals surface area contributed by atoms with E-state index in [2.05, 4.69) is 4.98 Å². The molecule has 1 aliphatic heterocycles. The molecule has 2 aromatic rings. The van der Waals surface area contributed by atoms with Crippen molar-refractivity contribution in [3.05, 3.63) is 64.9 Å². The van der Waals surface area contributed by atoms with E-state index in [-0.39, 0.29) is 23.4 Å². The summed E-state index contributed by atoms with van der Waals surface area (Å²) < 4.78 is 13.5. The quantitative estimate of drug-likeness (QED) is 0.867. The summed E-state index contributed by atoms with van der Waals surface area (Å²) in [5.41, 5.74) is 0.560. The summed E-state index contributed by atoms with van der Waals surface area (Å²) in [5.74, 6) is -2.27. The number of aromatic nitrogens is 1. The molecule has 132 valence electrons. The van der Waals surface area contributed by atoms with E-state index in [0.29, 0.717) is 11.3 Å². The van der Waals surface area contributed by atoms with Crippen molar-refractivity contribution >= 4 is 17.4 Å². The maximum absolute atomic E-state index is 13.5. The van der Waals surface area contributed by atoms with Gasteiger partial charge in [-0.2, -0.15) is 5.26 Å². The molecule has 1 aliphatic rings. The zero-order valence-corrected chi connectivity index (χ0v) is 14.2. The van der Waals surface area contributed by atoms with Crippen LogP contribution in [0.3, 0.4) is 0 Å². The van der Waals surface area contributed by atoms with Crippen LogP contribution in [0.1, 0.15) is 41.2 Å². The fourth-order valence-electron chi connectivity index (χ4n) is 3.12. The van der Waals surface area contributed by atoms with Gasteiger partial charge in [-0.1, -0.05) is 19.9 Å². The highest BCUT2D eigenvalue weighted by atomic mass is 19.1. The highest BCUT2D eigenvalue weighted by Gasteiger charge is 2.36. The first-order valence-electron chi connectivity index (χ1n) is 7.88. The number of aromatic amines is 1. The number of carboxylic acids is 1. The van der Waals surface area contributed by atoms with Gasteiger partial charge >= 0.3 is 5.97 Å². The van der Waals surface area contributed by atoms with Crippen LogP contribution >= 0.6 is 0 Å². The lowest BCUT2D eigenvalue weighted by atomic mass is 9.83. The van der Waals surface area contributed by atoms with Crippen LogP contribution in [-0.4, -0.2) is 33.4 Å². The molecule has 2 heterocycles. The molecule has 0 unspecified atom stereocenters. The first-order chi connectivity index (χ1) is 12.2. The highest BCUT2D eigenvalue weighted by Crippen LogP contribution is 2.36. The van der Waals surface area contributed by atoms with Gasteiger partial charge < -0.3 is 15.0 Å². The van der Waals surface area contributed by atoms with Gasteiger partial charge in [0, 0.05) is 23.7 Å². The predicted octanol–water partition coefficient (Wildman–Crippen LogP) is 2.88. The van der Waals surface area contributed by atoms with Gasteiger partial charge in [-0.25, -0.2) is 9.18 Å². The molecule has 1 amide bonds. The van der Waals surface area contributed by atoms with E-state index < -0.39 is 23.1 Å². The Morgan fingerprint density at radius 1 is 1.35 bits per heavy atom. The molecule has 1 aromatic heterocycles. The number of amides is 1. The van der Waals surface area contributed by atoms with E-state index in [0.717, 1.165) is 6.07 Å². The molecule has 6 nitrogen and oxygen atoms in total. The van der Waals surface area contributed by atoms with E-state index in [4.69, 9.17) is 5.26 Å². The van der Waals surface area contributed by atoms with Crippen LogP contribution in [0.15, 0.2) is 36.5 Å². The van der Waals surface area contributed by atoms with Crippen LogP contribution < -0.4 is 0 Å². The van der Waals surface area contributed by atoms with Crippen LogP contribution in [0.2, 0.25) is 0 Å². The van der Waals surface area contributed by atoms with Gasteiger partial charge in [-0.3, -0.25) is 4.79 Å². The molecule has 3 rings (SSSR count). The van der Waals surface area contributed by atoms with Gasteiger partial charge in [-0.15, -0.1) is 0 Å². The molecule has 0 bridgehead atoms. The minimum atomic E-state index is -1.23. The highest BCUT2D eigenvalue weighted by molar-refractivity contribution is 6.16. The van der Waals surface area contributed by atoms with Crippen LogP contribution in [-0.2, 0) is 10.2 Å². The minimum Gasteiger partial charge on any atom is -0.478 e. The Kier molecular flexibility index (Phi) is 4.12. The molecule has 0 aliphatic carbocycles. The molecule has 0 atom stereocenters. The molecule has 2 N–H and O–H groups in total. The zero-order chi connectivity index (χ0) is 19.1. The Labute approximate surface area is 149 Å². The summed E-state index contributed by atoms with van der Waals surface area (Å²) in [6.45, 7) is 3.88. The van der Waals surface area contributed by atoms with E-state index in [1.807, 2.05) is 19.9 Å². The molecule has 0 saturated carbocycles. The minimum absolute atomic E-state index is 0.128. The molecule has 1 aromatic carbocycles. The van der Waals surface area contributed by atoms with Crippen molar-refractivity contribution in [2.45, 2.75) is 19.3 Å². The van der Waals surface area contributed by atoms with E-state index in [1.54, 1.807) is 6.07 Å². The van der Waals surface area contributed by atoms with Gasteiger partial charge in [0.25, 0.3) is 5.91 Å². The van der Waals surface area contributed by atoms with Gasteiger partial charge in [0.05, 0.1) is 11.3 Å². The molecule has 7 heteroatoms. The van der Waals surface area contributed by atoms with Gasteiger partial charge in [0.15, 0.2) is 0 Å². The summed E-state index contributed by atoms with van der Waals surface area (Å²) in [7, 11) is 0. The second-order valence-corrected chi connectivity index (χ2v) is 6.76. The Balaban J connectivity index is 2.13. The van der Waals surface area contributed by atoms with Crippen LogP contribution in [0.4, 0.5) is 4.39 Å². The Morgan fingerprint density at radius 3 is 2.69 bits per heavy atom. The Morgan fingerprint density at radius 2 is 2.08 bits per heavy atom. The third-order valence-corrected chi connectivity index (χ3v) is 4.35. The summed E-state index contributed by atoms with van der Waals surface area (Å²) in [6, 6.07) is 8.82. The average molecular weight is 353 g/mol. The molecule has 0 fully saturated rings. The van der Waals surface area contributed by atoms with Crippen molar-refractivity contribution in [2.24, 2.45) is 0 Å². The standard InChI is InChI=1S/C19H16FN3O3/c1-19(2)10-23(17(24)11-4-3-5-12(20)6-11)9-14(18(25)26)16-15(19)7-13(8-21)22-16/h3-7,9,22H,10H2,1-2H3,(H,25,26). The van der Waals surface area contributed by atoms with E-state index in [9.17, 15) is 19.1 Å². The maximum atomic E-state index is 13.5. The number of aliphatic carboxylic acids is 1. The molecule has 26 heavy (non-hydrogen) atoms. The number of carbonyl (C=O) groups excluding carboxylic acids is 1. The number of rotatable bonds is 2. The number of nitrogens with zero attached hydrogens (tertiary/aromatic N) is 2. The van der Waals surface area contributed by atoms with Crippen LogP contribution in [0, 0.1) is 17.1 Å². The SMILES string of the molecule is CC1(C)CN(C(=O)c2cccc(F)c2)C=C(C(=O)O)c2[nH]c(C#N)cc21. The first kappa shape index (κ1) is 17.4. The first-order valence-corrected chi connectivity index (χ1v) is 7.88. The van der Waals surface area contributed by atoms with Crippen molar-refractivity contribution in [3.8, 4) is 6.07 Å². The molecule has 0 radical (unpaired) electrons. The average Bonchev–Trinajstić information content (AvgIpc) is 2.98. The van der Waals surface area contributed by atoms with E-state index in [1.165, 1.54) is 29.3 Å². The number of nitrogens with one attached hydrogen (secondary N) is 1. The third-order valence-electron chi connectivity index (χ3n) is 4.35. The number of carboxylic acid groups (broad SMARTS) is 1. The fourth-order valence-corrected chi connectivity index (χ4v) is 3.12. The number of carbonyl (C=O) groups is 2. The third kappa shape index (κ3) is 2.97. The zero-order valence-electron chi connectivity index (χ0n) is 14.2. The normalized spacial score (nSPS) is 15.5. The second-order valence-electron chi connectivity index (χ2n) is 6.76. The Hall–Kier alpha value is -3.40. The maximum Gasteiger partial charge on any atom is 0.339 e. The Bertz CT molecular complexity index is 982. The fraction of sp³-hybridized carbons (Fsp3) is 0.211. The molecule has 0 spiro atoms. The predicted molar refractivity (Wildman–Crippen MR) is 91.6 cm³/mol. The van der Waals surface area contributed by atoms with Crippen molar-refractivity contribution in [1.29, 1.82) is 5.26 Å². The van der Waals surface area contributed by atoms with Crippen molar-refractivity contribution in [2.75, 3.05) is 6.54 Å². The monoisotopic (exact) mass is 353 g/mol. The number of hydrogen-bond donors (Lipinski definition) is 2. The smallest absolute Gasteiger partial charge is 0.339 e. The summed E-state index contributed by atoms with van der Waals surface area (Å²) in [6.07, 6.45) is 1.24. The number of fused-ring (bicyclic) bond motifs is 1. The summed E-state index contributed by atoms with van der Waals surface area (Å²) >= 11 is 0. The number of nitriles is 1. The largest absolute Gasteiger partial charge is 0.478 e. The van der Waals surface area contributed by atoms with Crippen LogP contribution in [0.25, 0.3) is 5.57 Å². The van der Waals surface area contributed by atoms with Gasteiger partial charge in [0.1, 0.15) is 17.6 Å². The topological polar surface area (TPSA) is 97.2 Å². The number of halogens is 1. The second kappa shape index (κ2) is 6.15. The summed E-state index contributed by atoms with van der Waals surface area (Å²) in [4.78, 5) is 28.7. The van der Waals surface area contributed by atoms with E-state index >= 15 is 0 Å². The lowest BCUT2D eigenvalue weighted by Gasteiger charge is -2.29. The molecular formula is C19H16FN3O3. The summed E-state index contributed by atoms with van der Waals surface area (Å²) in [5, 5.41) is 18.7. The van der Waals surface area contributed by atoms with Gasteiger partial charge in [0.2, 0.25) is 0 Å². The molecular weight excluding hydrogens is 337 g/mol. The number of H-pyrrole nitrogens is 1. The number of hydrogen-bond acceptors (Lipinski definition) is 3. The lowest BCUT2D eigenvalue weighted by Crippen LogP contribution is -2.36. The van der Waals surface area contributed by atoms with Crippen molar-refractivity contribution in [1.82, 2.24) is 9.88 Å².